The van der Waals surface area contributed by atoms with Gasteiger partial charge in [-0.3, -0.25) is 10.1 Å². The third kappa shape index (κ3) is 3.39. The molecule has 136 valence electrons. The minimum absolute atomic E-state index is 0.00402. The molecule has 10 heteroatoms. The molecular formula is C16H14FN3O4S2. The zero-order valence-electron chi connectivity index (χ0n) is 13.8. The fraction of sp³-hybridized carbons (Fsp3) is 0.125. The number of halogens is 1. The van der Waals surface area contributed by atoms with Crippen LogP contribution in [0.25, 0.3) is 11.3 Å². The van der Waals surface area contributed by atoms with Crippen LogP contribution in [0.2, 0.25) is 0 Å². The second kappa shape index (κ2) is 6.98. The number of hydrogen-bond donors (Lipinski definition) is 1. The Balaban J connectivity index is 1.85. The molecule has 0 saturated carbocycles. The first kappa shape index (κ1) is 18.2. The predicted octanol–water partition coefficient (Wildman–Crippen LogP) is 3.04. The smallest absolute Gasteiger partial charge is 0.302 e. The highest BCUT2D eigenvalue weighted by atomic mass is 32.2. The quantitative estimate of drug-likeness (QED) is 0.717. The fourth-order valence-corrected chi connectivity index (χ4v) is 4.33. The Morgan fingerprint density at radius 2 is 2.00 bits per heavy atom. The van der Waals surface area contributed by atoms with Crippen LogP contribution in [0.3, 0.4) is 0 Å². The molecule has 0 unspecified atom stereocenters. The van der Waals surface area contributed by atoms with Crippen molar-refractivity contribution in [2.24, 2.45) is 0 Å². The number of anilines is 1. The lowest BCUT2D eigenvalue weighted by Crippen LogP contribution is -2.24. The van der Waals surface area contributed by atoms with E-state index in [-0.39, 0.29) is 27.0 Å². The average Bonchev–Trinajstić information content (AvgIpc) is 3.24. The molecule has 1 N–H and O–H groups in total. The lowest BCUT2D eigenvalue weighted by atomic mass is 10.1. The first-order valence-electron chi connectivity index (χ1n) is 7.32. The Morgan fingerprint density at radius 1 is 1.27 bits per heavy atom. The van der Waals surface area contributed by atoms with E-state index in [1.54, 1.807) is 12.1 Å². The standard InChI is InChI=1S/C16H14FN3O4S2/c1-20(2)26(22,23)13-7-8-25-14(13)15(21)19-16-18-12(9-24-16)10-5-3-4-6-11(10)17/h3-9H,1-2H3,(H,18,19,21). The van der Waals surface area contributed by atoms with E-state index in [0.29, 0.717) is 0 Å². The topological polar surface area (TPSA) is 92.5 Å². The lowest BCUT2D eigenvalue weighted by Gasteiger charge is -2.11. The molecule has 0 atom stereocenters. The number of carbonyl (C=O) groups excluding carboxylic acids is 1. The Morgan fingerprint density at radius 3 is 2.69 bits per heavy atom. The highest BCUT2D eigenvalue weighted by Gasteiger charge is 2.26. The summed E-state index contributed by atoms with van der Waals surface area (Å²) in [6.45, 7) is 0. The normalized spacial score (nSPS) is 11.7. The van der Waals surface area contributed by atoms with Gasteiger partial charge in [0.15, 0.2) is 0 Å². The van der Waals surface area contributed by atoms with E-state index in [2.05, 4.69) is 10.3 Å². The van der Waals surface area contributed by atoms with Gasteiger partial charge >= 0.3 is 6.01 Å². The number of amides is 1. The molecule has 0 radical (unpaired) electrons. The van der Waals surface area contributed by atoms with Gasteiger partial charge in [0.25, 0.3) is 5.91 Å². The number of benzene rings is 1. The Bertz CT molecular complexity index is 1060. The molecule has 7 nitrogen and oxygen atoms in total. The summed E-state index contributed by atoms with van der Waals surface area (Å²) in [7, 11) is -1.01. The van der Waals surface area contributed by atoms with Crippen LogP contribution in [0.5, 0.6) is 0 Å². The molecule has 1 amide bonds. The number of rotatable bonds is 5. The monoisotopic (exact) mass is 395 g/mol. The number of nitrogens with zero attached hydrogens (tertiary/aromatic N) is 2. The van der Waals surface area contributed by atoms with Gasteiger partial charge in [0, 0.05) is 19.7 Å². The van der Waals surface area contributed by atoms with Crippen molar-refractivity contribution >= 4 is 33.3 Å². The molecule has 0 aliphatic rings. The van der Waals surface area contributed by atoms with Gasteiger partial charge in [0.2, 0.25) is 10.0 Å². The van der Waals surface area contributed by atoms with Crippen molar-refractivity contribution in [3.63, 3.8) is 0 Å². The van der Waals surface area contributed by atoms with Crippen molar-refractivity contribution in [1.29, 1.82) is 0 Å². The molecule has 0 aliphatic carbocycles. The number of nitrogens with one attached hydrogen (secondary N) is 1. The summed E-state index contributed by atoms with van der Waals surface area (Å²) in [6.07, 6.45) is 1.21. The molecule has 1 aromatic carbocycles. The second-order valence-electron chi connectivity index (χ2n) is 5.37. The molecule has 2 heterocycles. The average molecular weight is 395 g/mol. The van der Waals surface area contributed by atoms with Gasteiger partial charge in [-0.1, -0.05) is 12.1 Å². The van der Waals surface area contributed by atoms with Crippen LogP contribution in [0.4, 0.5) is 10.4 Å². The van der Waals surface area contributed by atoms with E-state index in [9.17, 15) is 17.6 Å². The zero-order chi connectivity index (χ0) is 18.9. The van der Waals surface area contributed by atoms with Crippen LogP contribution in [-0.2, 0) is 10.0 Å². The van der Waals surface area contributed by atoms with Crippen LogP contribution in [0, 0.1) is 5.82 Å². The lowest BCUT2D eigenvalue weighted by molar-refractivity contribution is 0.102. The van der Waals surface area contributed by atoms with Gasteiger partial charge in [-0.15, -0.1) is 11.3 Å². The minimum Gasteiger partial charge on any atom is -0.431 e. The minimum atomic E-state index is -3.76. The summed E-state index contributed by atoms with van der Waals surface area (Å²) >= 11 is 0.979. The molecule has 0 spiro atoms. The maximum atomic E-state index is 13.8. The third-order valence-electron chi connectivity index (χ3n) is 3.47. The van der Waals surface area contributed by atoms with Crippen LogP contribution in [0.15, 0.2) is 51.3 Å². The first-order valence-corrected chi connectivity index (χ1v) is 9.64. The van der Waals surface area contributed by atoms with Crippen molar-refractivity contribution in [2.45, 2.75) is 4.90 Å². The van der Waals surface area contributed by atoms with Crippen LogP contribution >= 0.6 is 11.3 Å². The molecule has 3 aromatic rings. The van der Waals surface area contributed by atoms with E-state index in [0.717, 1.165) is 15.6 Å². The third-order valence-corrected chi connectivity index (χ3v) is 6.37. The maximum Gasteiger partial charge on any atom is 0.302 e. The van der Waals surface area contributed by atoms with E-state index in [4.69, 9.17) is 4.42 Å². The van der Waals surface area contributed by atoms with E-state index < -0.39 is 21.7 Å². The molecule has 0 aliphatic heterocycles. The van der Waals surface area contributed by atoms with Crippen LogP contribution in [-0.4, -0.2) is 37.7 Å². The summed E-state index contributed by atoms with van der Waals surface area (Å²) in [6, 6.07) is 7.21. The van der Waals surface area contributed by atoms with Crippen molar-refractivity contribution in [3.05, 3.63) is 52.7 Å². The first-order chi connectivity index (χ1) is 12.3. The van der Waals surface area contributed by atoms with Crippen molar-refractivity contribution in [3.8, 4) is 11.3 Å². The number of oxazole rings is 1. The molecule has 26 heavy (non-hydrogen) atoms. The summed E-state index contributed by atoms with van der Waals surface area (Å²) in [5.41, 5.74) is 0.439. The van der Waals surface area contributed by atoms with Crippen molar-refractivity contribution in [1.82, 2.24) is 9.29 Å². The van der Waals surface area contributed by atoms with E-state index in [1.165, 1.54) is 43.9 Å². The number of aromatic nitrogens is 1. The Hall–Kier alpha value is -2.56. The maximum absolute atomic E-state index is 13.8. The van der Waals surface area contributed by atoms with Gasteiger partial charge in [-0.05, 0) is 23.6 Å². The SMILES string of the molecule is CN(C)S(=O)(=O)c1ccsc1C(=O)Nc1nc(-c2ccccc2F)co1. The van der Waals surface area contributed by atoms with Crippen LogP contribution < -0.4 is 5.32 Å². The van der Waals surface area contributed by atoms with Gasteiger partial charge in [-0.2, -0.15) is 4.98 Å². The molecule has 0 fully saturated rings. The van der Waals surface area contributed by atoms with E-state index in [1.807, 2.05) is 0 Å². The molecule has 0 bridgehead atoms. The van der Waals surface area contributed by atoms with Crippen molar-refractivity contribution < 1.29 is 22.0 Å². The van der Waals surface area contributed by atoms with Crippen molar-refractivity contribution in [2.75, 3.05) is 19.4 Å². The summed E-state index contributed by atoms with van der Waals surface area (Å²) in [5, 5.41) is 3.90. The summed E-state index contributed by atoms with van der Waals surface area (Å²) in [5.74, 6) is -1.15. The van der Waals surface area contributed by atoms with Gasteiger partial charge < -0.3 is 4.42 Å². The largest absolute Gasteiger partial charge is 0.431 e. The molecule has 0 saturated heterocycles. The van der Waals surface area contributed by atoms with Crippen LogP contribution in [0.1, 0.15) is 9.67 Å². The zero-order valence-corrected chi connectivity index (χ0v) is 15.4. The summed E-state index contributed by atoms with van der Waals surface area (Å²) in [4.78, 5) is 16.3. The highest BCUT2D eigenvalue weighted by Crippen LogP contribution is 2.27. The van der Waals surface area contributed by atoms with Gasteiger partial charge in [0.1, 0.15) is 27.5 Å². The van der Waals surface area contributed by atoms with E-state index >= 15 is 0 Å². The number of thiophene rings is 1. The van der Waals surface area contributed by atoms with Gasteiger partial charge in [0.05, 0.1) is 0 Å². The fourth-order valence-electron chi connectivity index (χ4n) is 2.14. The highest BCUT2D eigenvalue weighted by molar-refractivity contribution is 7.89. The number of sulfonamides is 1. The Kier molecular flexibility index (Phi) is 4.90. The molecule has 2 aromatic heterocycles. The number of hydrogen-bond acceptors (Lipinski definition) is 6. The number of carbonyl (C=O) groups is 1. The molecular weight excluding hydrogens is 381 g/mol. The van der Waals surface area contributed by atoms with Gasteiger partial charge in [-0.25, -0.2) is 17.1 Å². The second-order valence-corrected chi connectivity index (χ2v) is 8.41. The molecule has 3 rings (SSSR count). The summed E-state index contributed by atoms with van der Waals surface area (Å²) < 4.78 is 44.5. The predicted molar refractivity (Wildman–Crippen MR) is 95.0 cm³/mol. The Labute approximate surface area is 153 Å².